The summed E-state index contributed by atoms with van der Waals surface area (Å²) >= 11 is 5.87. The van der Waals surface area contributed by atoms with E-state index in [-0.39, 0.29) is 5.54 Å². The van der Waals surface area contributed by atoms with Gasteiger partial charge in [-0.15, -0.1) is 0 Å². The summed E-state index contributed by atoms with van der Waals surface area (Å²) in [6, 6.07) is 7.80. The lowest BCUT2D eigenvalue weighted by Crippen LogP contribution is -2.49. The highest BCUT2D eigenvalue weighted by Crippen LogP contribution is 2.54. The molecule has 0 heterocycles. The lowest BCUT2D eigenvalue weighted by atomic mass is 9.83. The Morgan fingerprint density at radius 2 is 1.94 bits per heavy atom. The lowest BCUT2D eigenvalue weighted by molar-refractivity contribution is 0.333. The molecule has 1 aromatic carbocycles. The predicted octanol–water partition coefficient (Wildman–Crippen LogP) is 3.27. The number of anilines is 1. The van der Waals surface area contributed by atoms with Crippen LogP contribution in [0.1, 0.15) is 26.7 Å². The van der Waals surface area contributed by atoms with Gasteiger partial charge in [0.1, 0.15) is 0 Å². The third-order valence-electron chi connectivity index (χ3n) is 4.00. The Labute approximate surface area is 102 Å². The van der Waals surface area contributed by atoms with Gasteiger partial charge in [-0.2, -0.15) is 0 Å². The first-order valence-electron chi connectivity index (χ1n) is 5.73. The fourth-order valence-electron chi connectivity index (χ4n) is 2.04. The number of halogens is 1. The molecular weight excluding hydrogens is 220 g/mol. The number of rotatable bonds is 4. The van der Waals surface area contributed by atoms with Crippen LogP contribution in [0, 0.1) is 5.41 Å². The van der Waals surface area contributed by atoms with Gasteiger partial charge in [-0.25, -0.2) is 0 Å². The van der Waals surface area contributed by atoms with E-state index in [4.69, 9.17) is 17.3 Å². The minimum absolute atomic E-state index is 0.0270. The molecule has 2 nitrogen and oxygen atoms in total. The topological polar surface area (TPSA) is 38.0 Å². The van der Waals surface area contributed by atoms with Gasteiger partial charge in [0.05, 0.1) is 5.54 Å². The lowest BCUT2D eigenvalue weighted by Gasteiger charge is -2.37. The van der Waals surface area contributed by atoms with Crippen LogP contribution in [0.15, 0.2) is 24.3 Å². The Hall–Kier alpha value is -0.730. The molecule has 1 saturated carbocycles. The monoisotopic (exact) mass is 238 g/mol. The van der Waals surface area contributed by atoms with Crippen molar-refractivity contribution in [2.75, 3.05) is 11.9 Å². The molecule has 0 bridgehead atoms. The minimum Gasteiger partial charge on any atom is -0.378 e. The van der Waals surface area contributed by atoms with E-state index in [0.29, 0.717) is 12.0 Å². The molecule has 2 rings (SSSR count). The van der Waals surface area contributed by atoms with E-state index in [0.717, 1.165) is 10.7 Å². The first-order chi connectivity index (χ1) is 7.49. The van der Waals surface area contributed by atoms with Gasteiger partial charge < -0.3 is 11.1 Å². The van der Waals surface area contributed by atoms with Crippen molar-refractivity contribution in [3.05, 3.63) is 29.3 Å². The van der Waals surface area contributed by atoms with Gasteiger partial charge in [-0.1, -0.05) is 18.5 Å². The molecule has 0 aliphatic heterocycles. The Bertz CT molecular complexity index is 370. The van der Waals surface area contributed by atoms with Crippen LogP contribution in [0.4, 0.5) is 5.69 Å². The largest absolute Gasteiger partial charge is 0.378 e. The molecule has 3 N–H and O–H groups in total. The zero-order valence-corrected chi connectivity index (χ0v) is 10.6. The normalized spacial score (nSPS) is 21.2. The highest BCUT2D eigenvalue weighted by molar-refractivity contribution is 6.30. The van der Waals surface area contributed by atoms with Gasteiger partial charge in [0, 0.05) is 17.3 Å². The van der Waals surface area contributed by atoms with Crippen molar-refractivity contribution in [1.29, 1.82) is 0 Å². The van der Waals surface area contributed by atoms with Crippen molar-refractivity contribution in [2.45, 2.75) is 32.2 Å². The third kappa shape index (κ3) is 2.04. The molecular formula is C13H19ClN2. The summed E-state index contributed by atoms with van der Waals surface area (Å²) in [6.07, 6.45) is 2.50. The number of benzene rings is 1. The first kappa shape index (κ1) is 11.7. The fraction of sp³-hybridized carbons (Fsp3) is 0.538. The van der Waals surface area contributed by atoms with E-state index in [1.165, 1.54) is 12.8 Å². The molecule has 3 heteroatoms. The maximum atomic E-state index is 5.92. The highest BCUT2D eigenvalue weighted by atomic mass is 35.5. The average molecular weight is 239 g/mol. The molecule has 1 aromatic rings. The van der Waals surface area contributed by atoms with Crippen molar-refractivity contribution >= 4 is 17.3 Å². The van der Waals surface area contributed by atoms with Gasteiger partial charge in [0.2, 0.25) is 0 Å². The van der Waals surface area contributed by atoms with Crippen LogP contribution in [0.25, 0.3) is 0 Å². The standard InChI is InChI=1S/C13H19ClN2/c1-12(7-8-12)13(2,9-15)16-11-5-3-10(14)4-6-11/h3-6,16H,7-9,15H2,1-2H3. The van der Waals surface area contributed by atoms with Gasteiger partial charge >= 0.3 is 0 Å². The number of hydrogen-bond donors (Lipinski definition) is 2. The van der Waals surface area contributed by atoms with Crippen LogP contribution in [0.2, 0.25) is 5.02 Å². The first-order valence-corrected chi connectivity index (χ1v) is 6.11. The molecule has 1 aliphatic carbocycles. The van der Waals surface area contributed by atoms with Gasteiger partial charge in [-0.05, 0) is 49.4 Å². The zero-order chi connectivity index (χ0) is 11.8. The summed E-state index contributed by atoms with van der Waals surface area (Å²) in [5, 5.41) is 4.31. The van der Waals surface area contributed by atoms with Crippen LogP contribution in [-0.2, 0) is 0 Å². The van der Waals surface area contributed by atoms with E-state index in [1.54, 1.807) is 0 Å². The minimum atomic E-state index is -0.0270. The second-order valence-electron chi connectivity index (χ2n) is 5.23. The molecule has 0 aromatic heterocycles. The quantitative estimate of drug-likeness (QED) is 0.845. The van der Waals surface area contributed by atoms with Gasteiger partial charge in [0.25, 0.3) is 0 Å². The number of nitrogens with one attached hydrogen (secondary N) is 1. The molecule has 0 spiro atoms. The molecule has 1 fully saturated rings. The summed E-state index contributed by atoms with van der Waals surface area (Å²) in [5.41, 5.74) is 7.32. The Morgan fingerprint density at radius 1 is 1.38 bits per heavy atom. The maximum Gasteiger partial charge on any atom is 0.0520 e. The Kier molecular flexibility index (Phi) is 2.89. The van der Waals surface area contributed by atoms with Crippen molar-refractivity contribution in [1.82, 2.24) is 0 Å². The number of hydrogen-bond acceptors (Lipinski definition) is 2. The molecule has 88 valence electrons. The van der Waals surface area contributed by atoms with E-state index >= 15 is 0 Å². The fourth-order valence-corrected chi connectivity index (χ4v) is 2.17. The van der Waals surface area contributed by atoms with Crippen molar-refractivity contribution < 1.29 is 0 Å². The third-order valence-corrected chi connectivity index (χ3v) is 4.26. The number of nitrogens with two attached hydrogens (primary N) is 1. The van der Waals surface area contributed by atoms with Crippen LogP contribution in [0.3, 0.4) is 0 Å². The Balaban J connectivity index is 2.15. The molecule has 0 saturated heterocycles. The molecule has 0 radical (unpaired) electrons. The van der Waals surface area contributed by atoms with Crippen molar-refractivity contribution in [3.63, 3.8) is 0 Å². The maximum absolute atomic E-state index is 5.92. The van der Waals surface area contributed by atoms with E-state index in [2.05, 4.69) is 19.2 Å². The zero-order valence-electron chi connectivity index (χ0n) is 9.89. The van der Waals surface area contributed by atoms with Gasteiger partial charge in [-0.3, -0.25) is 0 Å². The van der Waals surface area contributed by atoms with E-state index < -0.39 is 0 Å². The van der Waals surface area contributed by atoms with Crippen molar-refractivity contribution in [2.24, 2.45) is 11.1 Å². The SMILES string of the molecule is CC1(C(C)(CN)Nc2ccc(Cl)cc2)CC1. The van der Waals surface area contributed by atoms with E-state index in [9.17, 15) is 0 Å². The smallest absolute Gasteiger partial charge is 0.0520 e. The highest BCUT2D eigenvalue weighted by Gasteiger charge is 2.52. The van der Waals surface area contributed by atoms with Crippen molar-refractivity contribution in [3.8, 4) is 0 Å². The van der Waals surface area contributed by atoms with Gasteiger partial charge in [0.15, 0.2) is 0 Å². The predicted molar refractivity (Wildman–Crippen MR) is 69.9 cm³/mol. The molecule has 0 amide bonds. The summed E-state index contributed by atoms with van der Waals surface area (Å²) in [6.45, 7) is 5.14. The summed E-state index contributed by atoms with van der Waals surface area (Å²) in [7, 11) is 0. The van der Waals surface area contributed by atoms with Crippen LogP contribution in [0.5, 0.6) is 0 Å². The summed E-state index contributed by atoms with van der Waals surface area (Å²) < 4.78 is 0. The Morgan fingerprint density at radius 3 is 2.38 bits per heavy atom. The van der Waals surface area contributed by atoms with Crippen LogP contribution < -0.4 is 11.1 Å². The average Bonchev–Trinajstić information content (AvgIpc) is 3.01. The second-order valence-corrected chi connectivity index (χ2v) is 5.67. The molecule has 1 unspecified atom stereocenters. The second kappa shape index (κ2) is 3.94. The summed E-state index contributed by atoms with van der Waals surface area (Å²) in [5.74, 6) is 0. The van der Waals surface area contributed by atoms with Crippen LogP contribution in [-0.4, -0.2) is 12.1 Å². The molecule has 16 heavy (non-hydrogen) atoms. The molecule has 1 atom stereocenters. The van der Waals surface area contributed by atoms with E-state index in [1.807, 2.05) is 24.3 Å². The van der Waals surface area contributed by atoms with Crippen LogP contribution >= 0.6 is 11.6 Å². The molecule has 1 aliphatic rings. The summed E-state index contributed by atoms with van der Waals surface area (Å²) in [4.78, 5) is 0.